The zero-order chi connectivity index (χ0) is 12.0. The first-order valence-corrected chi connectivity index (χ1v) is 6.44. The Kier molecular flexibility index (Phi) is 5.77. The van der Waals surface area contributed by atoms with Gasteiger partial charge < -0.3 is 10.6 Å². The Morgan fingerprint density at radius 3 is 2.31 bits per heavy atom. The molecule has 1 saturated carbocycles. The summed E-state index contributed by atoms with van der Waals surface area (Å²) < 4.78 is 0. The lowest BCUT2D eigenvalue weighted by Crippen LogP contribution is -2.48. The Bertz CT molecular complexity index is 212. The van der Waals surface area contributed by atoms with Crippen molar-refractivity contribution in [1.29, 1.82) is 0 Å². The highest BCUT2D eigenvalue weighted by Gasteiger charge is 2.26. The Balaban J connectivity index is 2.43. The molecule has 4 nitrogen and oxygen atoms in total. The van der Waals surface area contributed by atoms with Gasteiger partial charge in [-0.25, -0.2) is 0 Å². The Labute approximate surface area is 98.8 Å². The summed E-state index contributed by atoms with van der Waals surface area (Å²) in [6, 6.07) is 0.600. The summed E-state index contributed by atoms with van der Waals surface area (Å²) >= 11 is 0. The van der Waals surface area contributed by atoms with Crippen LogP contribution in [-0.4, -0.2) is 54.5 Å². The molecule has 1 aliphatic carbocycles. The van der Waals surface area contributed by atoms with E-state index < -0.39 is 0 Å². The maximum atomic E-state index is 12.0. The van der Waals surface area contributed by atoms with Crippen LogP contribution in [-0.2, 0) is 4.79 Å². The van der Waals surface area contributed by atoms with E-state index in [1.54, 1.807) is 0 Å². The van der Waals surface area contributed by atoms with E-state index in [-0.39, 0.29) is 5.91 Å². The molecule has 0 aliphatic heterocycles. The van der Waals surface area contributed by atoms with E-state index in [1.807, 2.05) is 18.7 Å². The zero-order valence-electron chi connectivity index (χ0n) is 10.6. The smallest absolute Gasteiger partial charge is 0.236 e. The van der Waals surface area contributed by atoms with Crippen LogP contribution in [0.5, 0.6) is 0 Å². The van der Waals surface area contributed by atoms with Crippen LogP contribution in [0.25, 0.3) is 0 Å². The normalized spacial score (nSPS) is 16.2. The average molecular weight is 227 g/mol. The summed E-state index contributed by atoms with van der Waals surface area (Å²) in [6.45, 7) is 7.69. The summed E-state index contributed by atoms with van der Waals surface area (Å²) in [5.41, 5.74) is 5.60. The van der Waals surface area contributed by atoms with Gasteiger partial charge in [0.1, 0.15) is 0 Å². The topological polar surface area (TPSA) is 49.6 Å². The van der Waals surface area contributed by atoms with Crippen LogP contribution in [0.3, 0.4) is 0 Å². The van der Waals surface area contributed by atoms with Gasteiger partial charge in [0.15, 0.2) is 0 Å². The van der Waals surface area contributed by atoms with Crippen LogP contribution in [0, 0.1) is 0 Å². The lowest BCUT2D eigenvalue weighted by atomic mass is 9.91. The van der Waals surface area contributed by atoms with E-state index in [4.69, 9.17) is 5.73 Å². The Morgan fingerprint density at radius 2 is 1.94 bits per heavy atom. The first-order chi connectivity index (χ1) is 7.72. The molecule has 0 heterocycles. The second-order valence-corrected chi connectivity index (χ2v) is 4.41. The van der Waals surface area contributed by atoms with E-state index >= 15 is 0 Å². The lowest BCUT2D eigenvalue weighted by molar-refractivity contribution is -0.133. The molecule has 16 heavy (non-hydrogen) atoms. The molecule has 0 aromatic heterocycles. The molecule has 1 fully saturated rings. The third kappa shape index (κ3) is 3.46. The van der Waals surface area contributed by atoms with E-state index in [0.29, 0.717) is 19.1 Å². The molecule has 0 spiro atoms. The Morgan fingerprint density at radius 1 is 1.31 bits per heavy atom. The van der Waals surface area contributed by atoms with Crippen molar-refractivity contribution in [3.8, 4) is 0 Å². The monoisotopic (exact) mass is 227 g/mol. The molecule has 0 aromatic carbocycles. The molecule has 94 valence electrons. The Hall–Kier alpha value is -0.610. The highest BCUT2D eigenvalue weighted by atomic mass is 16.2. The summed E-state index contributed by atoms with van der Waals surface area (Å²) in [4.78, 5) is 16.1. The van der Waals surface area contributed by atoms with E-state index in [1.165, 1.54) is 19.3 Å². The van der Waals surface area contributed by atoms with Crippen molar-refractivity contribution in [3.63, 3.8) is 0 Å². The fourth-order valence-corrected chi connectivity index (χ4v) is 2.16. The summed E-state index contributed by atoms with van der Waals surface area (Å²) in [6.07, 6.45) is 3.75. The van der Waals surface area contributed by atoms with Crippen molar-refractivity contribution in [1.82, 2.24) is 9.80 Å². The average Bonchev–Trinajstić information content (AvgIpc) is 2.17. The molecule has 4 heteroatoms. The van der Waals surface area contributed by atoms with E-state index in [9.17, 15) is 4.79 Å². The number of carbonyl (C=O) groups excluding carboxylic acids is 1. The maximum absolute atomic E-state index is 12.0. The summed E-state index contributed by atoms with van der Waals surface area (Å²) in [5.74, 6) is 0.241. The van der Waals surface area contributed by atoms with Crippen molar-refractivity contribution in [2.75, 3.05) is 32.7 Å². The van der Waals surface area contributed by atoms with Gasteiger partial charge in [0, 0.05) is 32.2 Å². The van der Waals surface area contributed by atoms with Gasteiger partial charge >= 0.3 is 0 Å². The second kappa shape index (κ2) is 6.86. The molecule has 0 radical (unpaired) electrons. The highest BCUT2D eigenvalue weighted by molar-refractivity contribution is 5.78. The summed E-state index contributed by atoms with van der Waals surface area (Å²) in [5, 5.41) is 0. The largest absolute Gasteiger partial charge is 0.342 e. The van der Waals surface area contributed by atoms with Gasteiger partial charge in [0.05, 0.1) is 6.54 Å². The number of hydrogen-bond donors (Lipinski definition) is 1. The SMILES string of the molecule is CCN(CC)C(=O)CN(CCN)C1CCC1. The van der Waals surface area contributed by atoms with Gasteiger partial charge in [-0.3, -0.25) is 9.69 Å². The molecule has 2 N–H and O–H groups in total. The number of carbonyl (C=O) groups is 1. The van der Waals surface area contributed by atoms with Crippen molar-refractivity contribution >= 4 is 5.91 Å². The van der Waals surface area contributed by atoms with Crippen LogP contribution in [0.15, 0.2) is 0 Å². The van der Waals surface area contributed by atoms with E-state index in [0.717, 1.165) is 19.6 Å². The van der Waals surface area contributed by atoms with Crippen LogP contribution >= 0.6 is 0 Å². The molecule has 0 bridgehead atoms. The minimum Gasteiger partial charge on any atom is -0.342 e. The zero-order valence-corrected chi connectivity index (χ0v) is 10.6. The number of rotatable bonds is 7. The van der Waals surface area contributed by atoms with Crippen molar-refractivity contribution in [3.05, 3.63) is 0 Å². The predicted octanol–water partition coefficient (Wildman–Crippen LogP) is 0.668. The van der Waals surface area contributed by atoms with E-state index in [2.05, 4.69) is 4.90 Å². The van der Waals surface area contributed by atoms with Crippen LogP contribution in [0.1, 0.15) is 33.1 Å². The highest BCUT2D eigenvalue weighted by Crippen LogP contribution is 2.24. The first kappa shape index (κ1) is 13.5. The minimum atomic E-state index is 0.241. The summed E-state index contributed by atoms with van der Waals surface area (Å²) in [7, 11) is 0. The van der Waals surface area contributed by atoms with Gasteiger partial charge in [0.2, 0.25) is 5.91 Å². The lowest BCUT2D eigenvalue weighted by Gasteiger charge is -2.37. The van der Waals surface area contributed by atoms with Crippen molar-refractivity contribution < 1.29 is 4.79 Å². The van der Waals surface area contributed by atoms with Gasteiger partial charge in [0.25, 0.3) is 0 Å². The van der Waals surface area contributed by atoms with Crippen LogP contribution in [0.4, 0.5) is 0 Å². The predicted molar refractivity (Wildman–Crippen MR) is 66.2 cm³/mol. The molecule has 0 saturated heterocycles. The standard InChI is InChI=1S/C12H25N3O/c1-3-14(4-2)12(16)10-15(9-8-13)11-6-5-7-11/h11H,3-10,13H2,1-2H3. The number of likely N-dealkylation sites (N-methyl/N-ethyl adjacent to an activating group) is 1. The van der Waals surface area contributed by atoms with Crippen LogP contribution < -0.4 is 5.73 Å². The first-order valence-electron chi connectivity index (χ1n) is 6.44. The van der Waals surface area contributed by atoms with Crippen molar-refractivity contribution in [2.24, 2.45) is 5.73 Å². The molecule has 1 amide bonds. The third-order valence-corrected chi connectivity index (χ3v) is 3.46. The van der Waals surface area contributed by atoms with Gasteiger partial charge in [-0.2, -0.15) is 0 Å². The molecule has 1 aliphatic rings. The molecule has 1 rings (SSSR count). The second-order valence-electron chi connectivity index (χ2n) is 4.41. The molecule has 0 aromatic rings. The fourth-order valence-electron chi connectivity index (χ4n) is 2.16. The van der Waals surface area contributed by atoms with Gasteiger partial charge in [-0.1, -0.05) is 6.42 Å². The maximum Gasteiger partial charge on any atom is 0.236 e. The number of nitrogens with zero attached hydrogens (tertiary/aromatic N) is 2. The molecule has 0 atom stereocenters. The number of amides is 1. The van der Waals surface area contributed by atoms with Gasteiger partial charge in [-0.05, 0) is 26.7 Å². The molecular weight excluding hydrogens is 202 g/mol. The quantitative estimate of drug-likeness (QED) is 0.695. The van der Waals surface area contributed by atoms with Gasteiger partial charge in [-0.15, -0.1) is 0 Å². The fraction of sp³-hybridized carbons (Fsp3) is 0.917. The molecular formula is C12H25N3O. The molecule has 0 unspecified atom stereocenters. The van der Waals surface area contributed by atoms with Crippen molar-refractivity contribution in [2.45, 2.75) is 39.2 Å². The minimum absolute atomic E-state index is 0.241. The third-order valence-electron chi connectivity index (χ3n) is 3.46. The number of hydrogen-bond acceptors (Lipinski definition) is 3. The van der Waals surface area contributed by atoms with Crippen LogP contribution in [0.2, 0.25) is 0 Å². The number of nitrogens with two attached hydrogens (primary N) is 1.